The summed E-state index contributed by atoms with van der Waals surface area (Å²) >= 11 is 0. The van der Waals surface area contributed by atoms with E-state index >= 15 is 0 Å². The maximum atomic E-state index is 4.16. The van der Waals surface area contributed by atoms with E-state index in [1.54, 1.807) is 7.05 Å². The van der Waals surface area contributed by atoms with Crippen LogP contribution in [-0.2, 0) is 0 Å². The smallest absolute Gasteiger partial charge is 0.191 e. The molecule has 4 nitrogen and oxygen atoms in total. The molecule has 0 aromatic rings. The molecule has 0 unspecified atom stereocenters. The third-order valence-corrected chi connectivity index (χ3v) is 2.67. The fourth-order valence-corrected chi connectivity index (χ4v) is 0.922. The van der Waals surface area contributed by atoms with Crippen LogP contribution >= 0.6 is 24.0 Å². The Balaban J connectivity index is 0. The third kappa shape index (κ3) is 7.27. The van der Waals surface area contributed by atoms with Gasteiger partial charge in [-0.3, -0.25) is 4.99 Å². The molecule has 16 heavy (non-hydrogen) atoms. The van der Waals surface area contributed by atoms with Crippen LogP contribution in [0.15, 0.2) is 4.99 Å². The van der Waals surface area contributed by atoms with Gasteiger partial charge in [0.2, 0.25) is 0 Å². The normalized spacial score (nSPS) is 12.3. The highest BCUT2D eigenvalue weighted by Crippen LogP contribution is 2.07. The summed E-state index contributed by atoms with van der Waals surface area (Å²) in [5.74, 6) is 0.881. The maximum absolute atomic E-state index is 4.16. The molecule has 0 atom stereocenters. The van der Waals surface area contributed by atoms with Gasteiger partial charge in [0.15, 0.2) is 5.96 Å². The molecule has 0 radical (unpaired) electrons. The number of nitrogens with one attached hydrogen (secondary N) is 2. The molecule has 0 aliphatic heterocycles. The van der Waals surface area contributed by atoms with E-state index in [1.807, 2.05) is 0 Å². The second kappa shape index (κ2) is 9.04. The summed E-state index contributed by atoms with van der Waals surface area (Å²) in [7, 11) is 5.97. The Hall–Kier alpha value is -0.0400. The quantitative estimate of drug-likeness (QED) is 0.452. The molecule has 0 aliphatic rings. The van der Waals surface area contributed by atoms with Crippen LogP contribution in [0.2, 0.25) is 0 Å². The maximum Gasteiger partial charge on any atom is 0.191 e. The van der Waals surface area contributed by atoms with Gasteiger partial charge in [-0.05, 0) is 34.4 Å². The van der Waals surface area contributed by atoms with Crippen LogP contribution in [0.5, 0.6) is 0 Å². The number of hydrogen-bond donors (Lipinski definition) is 2. The van der Waals surface area contributed by atoms with Crippen LogP contribution in [0.25, 0.3) is 0 Å². The highest BCUT2D eigenvalue weighted by Gasteiger charge is 2.20. The molecule has 0 heterocycles. The first-order valence-corrected chi connectivity index (χ1v) is 5.56. The fraction of sp³-hybridized carbons (Fsp3) is 0.909. The van der Waals surface area contributed by atoms with Gasteiger partial charge in [0, 0.05) is 25.7 Å². The Morgan fingerprint density at radius 2 is 1.81 bits per heavy atom. The standard InChI is InChI=1S/C11H26N4.HI/c1-7-8-13-10(12-4)14-9-11(2,3)15(5)6;/h7-9H2,1-6H3,(H2,12,13,14);1H. The number of halogens is 1. The van der Waals surface area contributed by atoms with Gasteiger partial charge in [0.05, 0.1) is 0 Å². The third-order valence-electron chi connectivity index (χ3n) is 2.67. The van der Waals surface area contributed by atoms with Gasteiger partial charge in [-0.25, -0.2) is 0 Å². The summed E-state index contributed by atoms with van der Waals surface area (Å²) in [6.45, 7) is 8.38. The van der Waals surface area contributed by atoms with Gasteiger partial charge in [0.1, 0.15) is 0 Å². The fourth-order valence-electron chi connectivity index (χ4n) is 0.922. The predicted molar refractivity (Wildman–Crippen MR) is 82.8 cm³/mol. The Morgan fingerprint density at radius 3 is 2.19 bits per heavy atom. The van der Waals surface area contributed by atoms with E-state index < -0.39 is 0 Å². The Kier molecular flexibility index (Phi) is 10.4. The lowest BCUT2D eigenvalue weighted by Crippen LogP contribution is -2.50. The summed E-state index contributed by atoms with van der Waals surface area (Å²) in [6, 6.07) is 0. The number of guanidine groups is 1. The summed E-state index contributed by atoms with van der Waals surface area (Å²) < 4.78 is 0. The molecule has 98 valence electrons. The van der Waals surface area contributed by atoms with Crippen LogP contribution in [-0.4, -0.2) is 50.6 Å². The van der Waals surface area contributed by atoms with E-state index in [4.69, 9.17) is 0 Å². The Morgan fingerprint density at radius 1 is 1.25 bits per heavy atom. The molecule has 0 saturated carbocycles. The van der Waals surface area contributed by atoms with Crippen molar-refractivity contribution in [2.45, 2.75) is 32.7 Å². The number of hydrogen-bond acceptors (Lipinski definition) is 2. The van der Waals surface area contributed by atoms with Gasteiger partial charge in [-0.15, -0.1) is 24.0 Å². The molecule has 2 N–H and O–H groups in total. The lowest BCUT2D eigenvalue weighted by molar-refractivity contribution is 0.197. The van der Waals surface area contributed by atoms with Gasteiger partial charge in [-0.1, -0.05) is 6.92 Å². The Bertz CT molecular complexity index is 202. The first-order chi connectivity index (χ1) is 6.94. The van der Waals surface area contributed by atoms with Crippen LogP contribution in [0.3, 0.4) is 0 Å². The van der Waals surface area contributed by atoms with Crippen molar-refractivity contribution in [3.8, 4) is 0 Å². The Labute approximate surface area is 117 Å². The van der Waals surface area contributed by atoms with E-state index in [0.29, 0.717) is 0 Å². The monoisotopic (exact) mass is 342 g/mol. The lowest BCUT2D eigenvalue weighted by atomic mass is 10.0. The molecule has 0 spiro atoms. The minimum absolute atomic E-state index is 0. The second-order valence-electron chi connectivity index (χ2n) is 4.56. The summed E-state index contributed by atoms with van der Waals surface area (Å²) in [6.07, 6.45) is 1.11. The van der Waals surface area contributed by atoms with Crippen molar-refractivity contribution in [3.05, 3.63) is 0 Å². The van der Waals surface area contributed by atoms with Crippen molar-refractivity contribution in [3.63, 3.8) is 0 Å². The molecule has 0 rings (SSSR count). The molecule has 0 saturated heterocycles. The summed E-state index contributed by atoms with van der Waals surface area (Å²) in [4.78, 5) is 6.37. The number of likely N-dealkylation sites (N-methyl/N-ethyl adjacent to an activating group) is 1. The predicted octanol–water partition coefficient (Wildman–Crippen LogP) is 1.52. The zero-order valence-electron chi connectivity index (χ0n) is 11.4. The summed E-state index contributed by atoms with van der Waals surface area (Å²) in [5, 5.41) is 6.57. The first kappa shape index (κ1) is 18.3. The average Bonchev–Trinajstić information content (AvgIpc) is 2.18. The number of aliphatic imine (C=N–C) groups is 1. The lowest BCUT2D eigenvalue weighted by Gasteiger charge is -2.33. The van der Waals surface area contributed by atoms with E-state index in [-0.39, 0.29) is 29.5 Å². The first-order valence-electron chi connectivity index (χ1n) is 5.56. The zero-order valence-corrected chi connectivity index (χ0v) is 13.8. The highest BCUT2D eigenvalue weighted by molar-refractivity contribution is 14.0. The second-order valence-corrected chi connectivity index (χ2v) is 4.56. The molecule has 0 bridgehead atoms. The molecular weight excluding hydrogens is 315 g/mol. The van der Waals surface area contributed by atoms with E-state index in [9.17, 15) is 0 Å². The molecule has 5 heteroatoms. The van der Waals surface area contributed by atoms with Crippen molar-refractivity contribution in [2.24, 2.45) is 4.99 Å². The minimum atomic E-state index is 0. The summed E-state index contributed by atoms with van der Waals surface area (Å²) in [5.41, 5.74) is 0.129. The average molecular weight is 342 g/mol. The zero-order chi connectivity index (χ0) is 11.9. The van der Waals surface area contributed by atoms with Gasteiger partial charge >= 0.3 is 0 Å². The molecule has 0 aromatic heterocycles. The van der Waals surface area contributed by atoms with E-state index in [1.165, 1.54) is 0 Å². The van der Waals surface area contributed by atoms with Crippen LogP contribution in [0, 0.1) is 0 Å². The van der Waals surface area contributed by atoms with Crippen molar-refractivity contribution < 1.29 is 0 Å². The molecule has 0 amide bonds. The van der Waals surface area contributed by atoms with E-state index in [0.717, 1.165) is 25.5 Å². The van der Waals surface area contributed by atoms with Crippen molar-refractivity contribution >= 4 is 29.9 Å². The van der Waals surface area contributed by atoms with Crippen LogP contribution in [0.4, 0.5) is 0 Å². The van der Waals surface area contributed by atoms with E-state index in [2.05, 4.69) is 55.4 Å². The molecule has 0 aromatic carbocycles. The van der Waals surface area contributed by atoms with Gasteiger partial charge in [-0.2, -0.15) is 0 Å². The molecular formula is C11H27IN4. The minimum Gasteiger partial charge on any atom is -0.356 e. The van der Waals surface area contributed by atoms with Crippen LogP contribution in [0.1, 0.15) is 27.2 Å². The van der Waals surface area contributed by atoms with Crippen molar-refractivity contribution in [1.29, 1.82) is 0 Å². The van der Waals surface area contributed by atoms with Gasteiger partial charge < -0.3 is 15.5 Å². The van der Waals surface area contributed by atoms with Crippen LogP contribution < -0.4 is 10.6 Å². The largest absolute Gasteiger partial charge is 0.356 e. The van der Waals surface area contributed by atoms with Gasteiger partial charge in [0.25, 0.3) is 0 Å². The van der Waals surface area contributed by atoms with Crippen molar-refractivity contribution in [1.82, 2.24) is 15.5 Å². The highest BCUT2D eigenvalue weighted by atomic mass is 127. The topological polar surface area (TPSA) is 39.7 Å². The van der Waals surface area contributed by atoms with Crippen molar-refractivity contribution in [2.75, 3.05) is 34.2 Å². The molecule has 0 aliphatic carbocycles. The number of rotatable bonds is 5. The number of nitrogens with zero attached hydrogens (tertiary/aromatic N) is 2. The molecule has 0 fully saturated rings. The SMILES string of the molecule is CCCNC(=NC)NCC(C)(C)N(C)C.I.